The monoisotopic (exact) mass is 497 g/mol. The van der Waals surface area contributed by atoms with E-state index in [1.165, 1.54) is 30.5 Å². The van der Waals surface area contributed by atoms with Crippen molar-refractivity contribution in [3.8, 4) is 23.0 Å². The van der Waals surface area contributed by atoms with Gasteiger partial charge >= 0.3 is 12.4 Å². The molecule has 7 nitrogen and oxygen atoms in total. The summed E-state index contributed by atoms with van der Waals surface area (Å²) in [5.74, 6) is -0.634. The van der Waals surface area contributed by atoms with Crippen LogP contribution in [-0.4, -0.2) is 29.9 Å². The molecular formula is C20H10ClF6N7. The molecule has 0 atom stereocenters. The first-order valence-corrected chi connectivity index (χ1v) is 9.60. The third-order valence-electron chi connectivity index (χ3n) is 4.16. The first-order chi connectivity index (χ1) is 16.0. The number of hydrogen-bond acceptors (Lipinski definition) is 7. The second-order valence-corrected chi connectivity index (χ2v) is 7.06. The van der Waals surface area contributed by atoms with Gasteiger partial charge in [-0.25, -0.2) is 9.97 Å². The number of rotatable bonds is 4. The van der Waals surface area contributed by atoms with E-state index in [2.05, 4.69) is 35.2 Å². The van der Waals surface area contributed by atoms with Crippen molar-refractivity contribution < 1.29 is 26.3 Å². The third kappa shape index (κ3) is 5.36. The summed E-state index contributed by atoms with van der Waals surface area (Å²) in [5.41, 5.74) is -2.50. The number of nitrogens with zero attached hydrogens (tertiary/aromatic N) is 6. The van der Waals surface area contributed by atoms with E-state index in [1.54, 1.807) is 0 Å². The molecule has 4 rings (SSSR count). The Hall–Kier alpha value is -3.87. The largest absolute Gasteiger partial charge is 0.433 e. The first kappa shape index (κ1) is 23.3. The van der Waals surface area contributed by atoms with Crippen LogP contribution in [0.3, 0.4) is 0 Å². The molecule has 0 spiro atoms. The van der Waals surface area contributed by atoms with Crippen LogP contribution in [0.25, 0.3) is 23.0 Å². The lowest BCUT2D eigenvalue weighted by Gasteiger charge is -2.11. The topological polar surface area (TPSA) is 89.4 Å². The van der Waals surface area contributed by atoms with Crippen molar-refractivity contribution in [2.45, 2.75) is 12.4 Å². The summed E-state index contributed by atoms with van der Waals surface area (Å²) in [7, 11) is 0. The van der Waals surface area contributed by atoms with Crippen LogP contribution in [0.4, 0.5) is 38.0 Å². The molecule has 0 saturated heterocycles. The number of nitrogens with one attached hydrogen (secondary N) is 1. The minimum absolute atomic E-state index is 0.0681. The summed E-state index contributed by atoms with van der Waals surface area (Å²) < 4.78 is 78.4. The van der Waals surface area contributed by atoms with Crippen molar-refractivity contribution in [1.82, 2.24) is 29.9 Å². The molecule has 34 heavy (non-hydrogen) atoms. The summed E-state index contributed by atoms with van der Waals surface area (Å²) >= 11 is 5.97. The predicted molar refractivity (Wildman–Crippen MR) is 109 cm³/mol. The number of pyridine rings is 3. The van der Waals surface area contributed by atoms with E-state index in [4.69, 9.17) is 11.6 Å². The van der Waals surface area contributed by atoms with Crippen molar-refractivity contribution in [2.75, 3.05) is 5.32 Å². The van der Waals surface area contributed by atoms with Gasteiger partial charge < -0.3 is 5.32 Å². The molecule has 14 heteroatoms. The molecule has 0 aliphatic heterocycles. The highest BCUT2D eigenvalue weighted by Gasteiger charge is 2.33. The maximum Gasteiger partial charge on any atom is 0.433 e. The fraction of sp³-hybridized carbons (Fsp3) is 0.100. The zero-order valence-corrected chi connectivity index (χ0v) is 17.3. The molecule has 1 N–H and O–H groups in total. The van der Waals surface area contributed by atoms with Crippen LogP contribution in [0, 0.1) is 0 Å². The Morgan fingerprint density at radius 2 is 1.35 bits per heavy atom. The van der Waals surface area contributed by atoms with Crippen molar-refractivity contribution in [1.29, 1.82) is 0 Å². The first-order valence-electron chi connectivity index (χ1n) is 9.22. The zero-order chi connectivity index (χ0) is 24.5. The molecule has 0 bridgehead atoms. The third-order valence-corrected chi connectivity index (χ3v) is 4.40. The van der Waals surface area contributed by atoms with E-state index in [9.17, 15) is 26.3 Å². The molecule has 0 radical (unpaired) electrons. The van der Waals surface area contributed by atoms with Crippen LogP contribution in [0.2, 0.25) is 5.02 Å². The van der Waals surface area contributed by atoms with Gasteiger partial charge in [0.15, 0.2) is 11.6 Å². The van der Waals surface area contributed by atoms with Crippen LogP contribution in [0.15, 0.2) is 54.9 Å². The predicted octanol–water partition coefficient (Wildman–Crippen LogP) is 5.83. The second kappa shape index (κ2) is 8.82. The molecule has 0 unspecified atom stereocenters. The number of alkyl halides is 6. The minimum Gasteiger partial charge on any atom is -0.324 e. The van der Waals surface area contributed by atoms with E-state index in [0.717, 1.165) is 24.4 Å². The molecule has 4 aromatic rings. The van der Waals surface area contributed by atoms with Gasteiger partial charge in [-0.2, -0.15) is 36.3 Å². The number of halogens is 7. The van der Waals surface area contributed by atoms with Crippen LogP contribution in [-0.2, 0) is 12.4 Å². The normalized spacial score (nSPS) is 12.0. The number of hydrogen-bond donors (Lipinski definition) is 1. The van der Waals surface area contributed by atoms with Gasteiger partial charge in [0.05, 0.1) is 0 Å². The van der Waals surface area contributed by atoms with E-state index >= 15 is 0 Å². The van der Waals surface area contributed by atoms with Gasteiger partial charge in [0, 0.05) is 23.1 Å². The maximum atomic E-state index is 13.1. The SMILES string of the molecule is FC(F)(F)c1cc(Nc2nc(-c3cc(Cl)ccn3)nc(-c3cccc(C(F)(F)F)n3)n2)ccn1. The van der Waals surface area contributed by atoms with Crippen molar-refractivity contribution in [3.63, 3.8) is 0 Å². The van der Waals surface area contributed by atoms with Crippen LogP contribution in [0.5, 0.6) is 0 Å². The van der Waals surface area contributed by atoms with Gasteiger partial charge in [-0.3, -0.25) is 9.97 Å². The number of aromatic nitrogens is 6. The molecule has 4 heterocycles. The Kier molecular flexibility index (Phi) is 6.04. The van der Waals surface area contributed by atoms with E-state index in [1.807, 2.05) is 0 Å². The summed E-state index contributed by atoms with van der Waals surface area (Å²) in [5, 5.41) is 2.86. The fourth-order valence-electron chi connectivity index (χ4n) is 2.70. The quantitative estimate of drug-likeness (QED) is 0.355. The Bertz CT molecular complexity index is 1340. The zero-order valence-electron chi connectivity index (χ0n) is 16.5. The van der Waals surface area contributed by atoms with Gasteiger partial charge in [0.1, 0.15) is 22.8 Å². The molecule has 0 saturated carbocycles. The minimum atomic E-state index is -4.72. The van der Waals surface area contributed by atoms with Gasteiger partial charge in [0.2, 0.25) is 5.95 Å². The van der Waals surface area contributed by atoms with Crippen molar-refractivity contribution in [2.24, 2.45) is 0 Å². The van der Waals surface area contributed by atoms with Gasteiger partial charge in [-0.1, -0.05) is 17.7 Å². The average Bonchev–Trinajstić information content (AvgIpc) is 2.78. The highest BCUT2D eigenvalue weighted by Crippen LogP contribution is 2.31. The van der Waals surface area contributed by atoms with Crippen LogP contribution >= 0.6 is 11.6 Å². The lowest BCUT2D eigenvalue weighted by Crippen LogP contribution is -2.10. The fourth-order valence-corrected chi connectivity index (χ4v) is 2.86. The number of anilines is 2. The standard InChI is InChI=1S/C20H10ClF6N7/c21-10-4-6-28-13(8-10)17-32-16(12-2-1-3-14(31-12)19(22,23)24)33-18(34-17)30-11-5-7-29-15(9-11)20(25,26)27/h1-9H,(H,29,30,32,33,34). The van der Waals surface area contributed by atoms with Crippen LogP contribution < -0.4 is 5.32 Å². The Labute approximate surface area is 191 Å². The van der Waals surface area contributed by atoms with Gasteiger partial charge in [-0.15, -0.1) is 0 Å². The highest BCUT2D eigenvalue weighted by atomic mass is 35.5. The lowest BCUT2D eigenvalue weighted by molar-refractivity contribution is -0.141. The second-order valence-electron chi connectivity index (χ2n) is 6.62. The molecule has 174 valence electrons. The van der Waals surface area contributed by atoms with E-state index < -0.39 is 23.7 Å². The summed E-state index contributed by atoms with van der Waals surface area (Å²) in [4.78, 5) is 23.2. The molecule has 0 aliphatic rings. The molecule has 4 aromatic heterocycles. The van der Waals surface area contributed by atoms with Gasteiger partial charge in [0.25, 0.3) is 0 Å². The molecule has 0 aliphatic carbocycles. The van der Waals surface area contributed by atoms with Crippen molar-refractivity contribution in [3.05, 3.63) is 71.3 Å². The Balaban J connectivity index is 1.82. The Morgan fingerprint density at radius 3 is 2.03 bits per heavy atom. The maximum absolute atomic E-state index is 13.1. The molecule has 0 fully saturated rings. The molecular weight excluding hydrogens is 488 g/mol. The van der Waals surface area contributed by atoms with E-state index in [-0.39, 0.29) is 39.7 Å². The average molecular weight is 498 g/mol. The van der Waals surface area contributed by atoms with Gasteiger partial charge in [-0.05, 0) is 36.4 Å². The van der Waals surface area contributed by atoms with Crippen LogP contribution in [0.1, 0.15) is 11.4 Å². The van der Waals surface area contributed by atoms with Crippen molar-refractivity contribution >= 4 is 23.2 Å². The summed E-state index contributed by atoms with van der Waals surface area (Å²) in [6.07, 6.45) is -7.12. The lowest BCUT2D eigenvalue weighted by atomic mass is 10.2. The Morgan fingerprint density at radius 1 is 0.676 bits per heavy atom. The summed E-state index contributed by atoms with van der Waals surface area (Å²) in [6, 6.07) is 7.99. The molecule has 0 aromatic carbocycles. The molecule has 0 amide bonds. The summed E-state index contributed by atoms with van der Waals surface area (Å²) in [6.45, 7) is 0. The van der Waals surface area contributed by atoms with E-state index in [0.29, 0.717) is 0 Å². The smallest absolute Gasteiger partial charge is 0.324 e. The highest BCUT2D eigenvalue weighted by molar-refractivity contribution is 6.30.